The first kappa shape index (κ1) is 12.9. The number of nitrogens with one attached hydrogen (secondary N) is 1. The molecule has 0 spiro atoms. The smallest absolute Gasteiger partial charge is 0.252 e. The van der Waals surface area contributed by atoms with Crippen molar-refractivity contribution in [1.82, 2.24) is 5.32 Å². The molecule has 0 aliphatic heterocycles. The van der Waals surface area contributed by atoms with E-state index in [0.29, 0.717) is 29.7 Å². The van der Waals surface area contributed by atoms with E-state index in [0.717, 1.165) is 0 Å². The van der Waals surface area contributed by atoms with Crippen LogP contribution in [0.15, 0.2) is 18.2 Å². The Morgan fingerprint density at radius 3 is 2.89 bits per heavy atom. The first-order valence-electron chi connectivity index (χ1n) is 5.61. The highest BCUT2D eigenvalue weighted by atomic mass is 32.2. The van der Waals surface area contributed by atoms with Crippen LogP contribution < -0.4 is 5.32 Å². The van der Waals surface area contributed by atoms with E-state index in [1.165, 1.54) is 23.9 Å². The summed E-state index contributed by atoms with van der Waals surface area (Å²) in [7, 11) is 0. The number of thioether (sulfide) groups is 1. The first-order valence-corrected chi connectivity index (χ1v) is 7.01. The minimum Gasteiger partial charge on any atom is -0.334 e. The summed E-state index contributed by atoms with van der Waals surface area (Å²) >= 11 is 1.50. The van der Waals surface area contributed by atoms with Gasteiger partial charge in [-0.1, -0.05) is 0 Å². The molecule has 1 fully saturated rings. The van der Waals surface area contributed by atoms with Crippen LogP contribution in [0.5, 0.6) is 0 Å². The van der Waals surface area contributed by atoms with Crippen LogP contribution >= 0.6 is 11.8 Å². The molecule has 94 valence electrons. The van der Waals surface area contributed by atoms with Gasteiger partial charge in [-0.25, -0.2) is 4.39 Å². The SMILES string of the molecule is CSCc1cc(C(=O)NC2(C#N)CC2)ccc1F. The molecule has 1 N–H and O–H groups in total. The number of benzene rings is 1. The highest BCUT2D eigenvalue weighted by Gasteiger charge is 2.44. The summed E-state index contributed by atoms with van der Waals surface area (Å²) in [5.74, 6) is -0.0881. The zero-order chi connectivity index (χ0) is 13.2. The molecule has 0 radical (unpaired) electrons. The molecule has 3 nitrogen and oxygen atoms in total. The van der Waals surface area contributed by atoms with E-state index in [2.05, 4.69) is 11.4 Å². The Bertz CT molecular complexity index is 520. The van der Waals surface area contributed by atoms with Gasteiger partial charge >= 0.3 is 0 Å². The minimum atomic E-state index is -0.689. The molecule has 1 aliphatic rings. The molecule has 1 saturated carbocycles. The summed E-state index contributed by atoms with van der Waals surface area (Å²) < 4.78 is 13.4. The molecule has 5 heteroatoms. The summed E-state index contributed by atoms with van der Waals surface area (Å²) in [5, 5.41) is 11.6. The van der Waals surface area contributed by atoms with Crippen molar-refractivity contribution in [3.05, 3.63) is 35.1 Å². The van der Waals surface area contributed by atoms with E-state index in [1.807, 2.05) is 6.26 Å². The monoisotopic (exact) mass is 264 g/mol. The van der Waals surface area contributed by atoms with Crippen LogP contribution in [0.25, 0.3) is 0 Å². The summed E-state index contributed by atoms with van der Waals surface area (Å²) in [6.07, 6.45) is 3.25. The molecule has 1 aromatic carbocycles. The summed E-state index contributed by atoms with van der Waals surface area (Å²) in [5.41, 5.74) is 0.226. The fourth-order valence-electron chi connectivity index (χ4n) is 1.66. The summed E-state index contributed by atoms with van der Waals surface area (Å²) in [6.45, 7) is 0. The molecule has 18 heavy (non-hydrogen) atoms. The second-order valence-electron chi connectivity index (χ2n) is 4.39. The van der Waals surface area contributed by atoms with E-state index in [4.69, 9.17) is 5.26 Å². The molecular weight excluding hydrogens is 251 g/mol. The van der Waals surface area contributed by atoms with Gasteiger partial charge in [-0.05, 0) is 42.9 Å². The predicted octanol–water partition coefficient (Wildman–Crippen LogP) is 2.47. The molecular formula is C13H13FN2OS. The van der Waals surface area contributed by atoms with Gasteiger partial charge in [0.15, 0.2) is 0 Å². The third-order valence-electron chi connectivity index (χ3n) is 2.92. The van der Waals surface area contributed by atoms with E-state index >= 15 is 0 Å². The summed E-state index contributed by atoms with van der Waals surface area (Å²) in [4.78, 5) is 11.9. The largest absolute Gasteiger partial charge is 0.334 e. The Kier molecular flexibility index (Phi) is 3.58. The molecule has 0 atom stereocenters. The van der Waals surface area contributed by atoms with Crippen LogP contribution in [0.2, 0.25) is 0 Å². The molecule has 1 aromatic rings. The van der Waals surface area contributed by atoms with Crippen LogP contribution in [0.3, 0.4) is 0 Å². The number of carbonyl (C=O) groups excluding carboxylic acids is 1. The average molecular weight is 264 g/mol. The minimum absolute atomic E-state index is 0.303. The number of carbonyl (C=O) groups is 1. The van der Waals surface area contributed by atoms with Crippen LogP contribution in [-0.4, -0.2) is 17.7 Å². The van der Waals surface area contributed by atoms with E-state index in [1.54, 1.807) is 6.07 Å². The zero-order valence-electron chi connectivity index (χ0n) is 10.00. The highest BCUT2D eigenvalue weighted by molar-refractivity contribution is 7.97. The third-order valence-corrected chi connectivity index (χ3v) is 3.52. The maximum absolute atomic E-state index is 13.4. The van der Waals surface area contributed by atoms with Crippen molar-refractivity contribution in [2.75, 3.05) is 6.26 Å². The quantitative estimate of drug-likeness (QED) is 0.909. The molecule has 0 bridgehead atoms. The normalized spacial score (nSPS) is 15.8. The molecule has 0 saturated heterocycles. The van der Waals surface area contributed by atoms with E-state index < -0.39 is 5.54 Å². The number of hydrogen-bond donors (Lipinski definition) is 1. The zero-order valence-corrected chi connectivity index (χ0v) is 10.8. The predicted molar refractivity (Wildman–Crippen MR) is 68.7 cm³/mol. The van der Waals surface area contributed by atoms with Crippen molar-refractivity contribution in [3.63, 3.8) is 0 Å². The van der Waals surface area contributed by atoms with Crippen molar-refractivity contribution in [1.29, 1.82) is 5.26 Å². The van der Waals surface area contributed by atoms with Crippen molar-refractivity contribution in [2.45, 2.75) is 24.1 Å². The lowest BCUT2D eigenvalue weighted by molar-refractivity contribution is 0.0941. The molecule has 1 aliphatic carbocycles. The average Bonchev–Trinajstić information content (AvgIpc) is 3.12. The Morgan fingerprint density at radius 2 is 2.33 bits per heavy atom. The lowest BCUT2D eigenvalue weighted by Crippen LogP contribution is -2.35. The topological polar surface area (TPSA) is 52.9 Å². The number of rotatable bonds is 4. The van der Waals surface area contributed by atoms with Crippen LogP contribution in [-0.2, 0) is 5.75 Å². The van der Waals surface area contributed by atoms with Crippen LogP contribution in [0.4, 0.5) is 4.39 Å². The molecule has 0 aromatic heterocycles. The van der Waals surface area contributed by atoms with Crippen molar-refractivity contribution >= 4 is 17.7 Å². The molecule has 0 heterocycles. The number of nitriles is 1. The maximum atomic E-state index is 13.4. The fraction of sp³-hybridized carbons (Fsp3) is 0.385. The van der Waals surface area contributed by atoms with E-state index in [-0.39, 0.29) is 11.7 Å². The van der Waals surface area contributed by atoms with Gasteiger partial charge in [-0.3, -0.25) is 4.79 Å². The Balaban J connectivity index is 2.16. The lowest BCUT2D eigenvalue weighted by Gasteiger charge is -2.10. The Labute approximate surface area is 109 Å². The molecule has 0 unspecified atom stereocenters. The molecule has 1 amide bonds. The molecule has 2 rings (SSSR count). The number of nitrogens with zero attached hydrogens (tertiary/aromatic N) is 1. The third kappa shape index (κ3) is 2.65. The van der Waals surface area contributed by atoms with Gasteiger partial charge in [0.05, 0.1) is 6.07 Å². The standard InChI is InChI=1S/C13H13FN2OS/c1-18-7-10-6-9(2-3-11(10)14)12(17)16-13(8-15)4-5-13/h2-3,6H,4-5,7H2,1H3,(H,16,17). The second kappa shape index (κ2) is 4.99. The lowest BCUT2D eigenvalue weighted by atomic mass is 10.1. The maximum Gasteiger partial charge on any atom is 0.252 e. The van der Waals surface area contributed by atoms with Gasteiger partial charge in [0.1, 0.15) is 11.4 Å². The number of amides is 1. The van der Waals surface area contributed by atoms with Gasteiger partial charge in [-0.15, -0.1) is 0 Å². The van der Waals surface area contributed by atoms with Gasteiger partial charge in [0.25, 0.3) is 5.91 Å². The van der Waals surface area contributed by atoms with Crippen molar-refractivity contribution < 1.29 is 9.18 Å². The van der Waals surface area contributed by atoms with Crippen LogP contribution in [0, 0.1) is 17.1 Å². The van der Waals surface area contributed by atoms with Gasteiger partial charge in [-0.2, -0.15) is 17.0 Å². The van der Waals surface area contributed by atoms with Gasteiger partial charge < -0.3 is 5.32 Å². The number of hydrogen-bond acceptors (Lipinski definition) is 3. The number of halogens is 1. The van der Waals surface area contributed by atoms with Crippen molar-refractivity contribution in [3.8, 4) is 6.07 Å². The Hall–Kier alpha value is -1.54. The van der Waals surface area contributed by atoms with Gasteiger partial charge in [0.2, 0.25) is 0 Å². The Morgan fingerprint density at radius 1 is 1.61 bits per heavy atom. The first-order chi connectivity index (χ1) is 8.60. The second-order valence-corrected chi connectivity index (χ2v) is 5.25. The van der Waals surface area contributed by atoms with Crippen molar-refractivity contribution in [2.24, 2.45) is 0 Å². The summed E-state index contributed by atoms with van der Waals surface area (Å²) in [6, 6.07) is 6.39. The van der Waals surface area contributed by atoms with Gasteiger partial charge in [0, 0.05) is 11.3 Å². The highest BCUT2D eigenvalue weighted by Crippen LogP contribution is 2.34. The fourth-order valence-corrected chi connectivity index (χ4v) is 2.19. The van der Waals surface area contributed by atoms with E-state index in [9.17, 15) is 9.18 Å². The van der Waals surface area contributed by atoms with Crippen LogP contribution in [0.1, 0.15) is 28.8 Å².